The van der Waals surface area contributed by atoms with Gasteiger partial charge in [-0.25, -0.2) is 9.18 Å². The summed E-state index contributed by atoms with van der Waals surface area (Å²) in [5, 5.41) is 22.9. The second kappa shape index (κ2) is 9.55. The molecule has 0 bridgehead atoms. The van der Waals surface area contributed by atoms with E-state index < -0.39 is 40.6 Å². The molecule has 3 aromatic rings. The number of carbonyl (C=O) groups is 1. The van der Waals surface area contributed by atoms with Gasteiger partial charge >= 0.3 is 12.1 Å². The van der Waals surface area contributed by atoms with Crippen molar-refractivity contribution in [2.24, 2.45) is 0 Å². The van der Waals surface area contributed by atoms with E-state index in [1.54, 1.807) is 0 Å². The van der Waals surface area contributed by atoms with Crippen LogP contribution in [0.3, 0.4) is 0 Å². The Kier molecular flexibility index (Phi) is 6.80. The predicted molar refractivity (Wildman–Crippen MR) is 111 cm³/mol. The number of hydrogen-bond acceptors (Lipinski definition) is 7. The van der Waals surface area contributed by atoms with Crippen LogP contribution in [-0.2, 0) is 4.74 Å². The van der Waals surface area contributed by atoms with Gasteiger partial charge < -0.3 is 25.1 Å². The Balaban J connectivity index is 2.25. The van der Waals surface area contributed by atoms with E-state index in [2.05, 4.69) is 10.5 Å². The van der Waals surface area contributed by atoms with Gasteiger partial charge in [-0.05, 0) is 49.4 Å². The van der Waals surface area contributed by atoms with E-state index >= 15 is 0 Å². The molecule has 0 fully saturated rings. The van der Waals surface area contributed by atoms with Crippen LogP contribution >= 0.6 is 0 Å². The third-order valence-corrected chi connectivity index (χ3v) is 4.35. The summed E-state index contributed by atoms with van der Waals surface area (Å²) in [5.41, 5.74) is -2.90. The quantitative estimate of drug-likeness (QED) is 0.246. The monoisotopic (exact) mass is 463 g/mol. The fraction of sp³-hybridized carbons (Fsp3) is 0.136. The maximum atomic E-state index is 14.0. The highest BCUT2D eigenvalue weighted by Crippen LogP contribution is 2.37. The molecule has 0 aliphatic rings. The molecule has 3 rings (SSSR count). The summed E-state index contributed by atoms with van der Waals surface area (Å²) in [4.78, 5) is 12.7. The van der Waals surface area contributed by atoms with E-state index in [0.717, 1.165) is 12.1 Å². The number of esters is 1. The lowest BCUT2D eigenvalue weighted by Crippen LogP contribution is -2.22. The molecule has 0 radical (unpaired) electrons. The van der Waals surface area contributed by atoms with Gasteiger partial charge in [0.2, 0.25) is 0 Å². The molecule has 1 heterocycles. The minimum absolute atomic E-state index is 0.0844. The van der Waals surface area contributed by atoms with Gasteiger partial charge in [0.15, 0.2) is 5.76 Å². The molecule has 0 saturated heterocycles. The number of nitrogens with one attached hydrogen (secondary N) is 2. The van der Waals surface area contributed by atoms with Crippen molar-refractivity contribution >= 4 is 23.4 Å². The second-order valence-electron chi connectivity index (χ2n) is 6.57. The van der Waals surface area contributed by atoms with Crippen molar-refractivity contribution in [1.29, 1.82) is 5.41 Å². The smallest absolute Gasteiger partial charge is 0.432 e. The molecule has 1 aromatic heterocycles. The van der Waals surface area contributed by atoms with Crippen LogP contribution in [0.5, 0.6) is 5.75 Å². The van der Waals surface area contributed by atoms with E-state index in [1.165, 1.54) is 43.3 Å². The van der Waals surface area contributed by atoms with Crippen LogP contribution in [0.2, 0.25) is 0 Å². The number of aromatic nitrogens is 1. The first-order chi connectivity index (χ1) is 15.7. The summed E-state index contributed by atoms with van der Waals surface area (Å²) in [6, 6.07) is 9.63. The summed E-state index contributed by atoms with van der Waals surface area (Å²) >= 11 is 0. The lowest BCUT2D eigenvalue weighted by atomic mass is 10.0. The Bertz CT molecular complexity index is 1200. The van der Waals surface area contributed by atoms with Crippen LogP contribution in [0.1, 0.15) is 23.0 Å². The number of ether oxygens (including phenoxy) is 1. The van der Waals surface area contributed by atoms with Crippen LogP contribution in [0, 0.1) is 11.2 Å². The minimum Gasteiger partial charge on any atom is -0.508 e. The fourth-order valence-corrected chi connectivity index (χ4v) is 2.94. The van der Waals surface area contributed by atoms with E-state index in [1.807, 2.05) is 0 Å². The first-order valence-electron chi connectivity index (χ1n) is 9.46. The van der Waals surface area contributed by atoms with Crippen molar-refractivity contribution in [3.05, 3.63) is 71.4 Å². The van der Waals surface area contributed by atoms with E-state index in [9.17, 15) is 27.5 Å². The zero-order valence-electron chi connectivity index (χ0n) is 17.0. The van der Waals surface area contributed by atoms with Gasteiger partial charge in [-0.2, -0.15) is 13.2 Å². The molecule has 0 amide bonds. The first-order valence-corrected chi connectivity index (χ1v) is 9.46. The van der Waals surface area contributed by atoms with E-state index in [-0.39, 0.29) is 29.3 Å². The second-order valence-corrected chi connectivity index (χ2v) is 6.57. The van der Waals surface area contributed by atoms with Crippen LogP contribution < -0.4 is 5.32 Å². The number of rotatable bonds is 7. The Morgan fingerprint density at radius 1 is 1.24 bits per heavy atom. The van der Waals surface area contributed by atoms with Crippen LogP contribution in [0.25, 0.3) is 16.8 Å². The van der Waals surface area contributed by atoms with Crippen molar-refractivity contribution in [3.63, 3.8) is 0 Å². The van der Waals surface area contributed by atoms with Crippen molar-refractivity contribution in [3.8, 4) is 17.0 Å². The topological polar surface area (TPSA) is 108 Å². The number of aromatic hydroxyl groups is 1. The van der Waals surface area contributed by atoms with Crippen molar-refractivity contribution in [2.45, 2.75) is 13.1 Å². The van der Waals surface area contributed by atoms with Gasteiger partial charge in [-0.1, -0.05) is 11.2 Å². The number of allylic oxidation sites excluding steroid dienone is 2. The zero-order valence-corrected chi connectivity index (χ0v) is 17.0. The Labute approximate surface area is 184 Å². The molecule has 3 N–H and O–H groups in total. The summed E-state index contributed by atoms with van der Waals surface area (Å²) in [6.45, 7) is 1.42. The molecular formula is C22H17F4N3O4. The minimum atomic E-state index is -5.05. The van der Waals surface area contributed by atoms with E-state index in [4.69, 9.17) is 14.7 Å². The molecule has 0 aliphatic carbocycles. The maximum absolute atomic E-state index is 14.0. The number of alkyl halides is 3. The fourth-order valence-electron chi connectivity index (χ4n) is 2.94. The Morgan fingerprint density at radius 3 is 2.52 bits per heavy atom. The molecule has 33 heavy (non-hydrogen) atoms. The summed E-state index contributed by atoms with van der Waals surface area (Å²) in [5.74, 6) is -2.55. The highest BCUT2D eigenvalue weighted by molar-refractivity contribution is 6.14. The predicted octanol–water partition coefficient (Wildman–Crippen LogP) is 5.40. The van der Waals surface area contributed by atoms with E-state index in [0.29, 0.717) is 6.21 Å². The maximum Gasteiger partial charge on any atom is 0.432 e. The summed E-state index contributed by atoms with van der Waals surface area (Å²) < 4.78 is 65.5. The average Bonchev–Trinajstić information content (AvgIpc) is 3.18. The largest absolute Gasteiger partial charge is 0.508 e. The zero-order chi connectivity index (χ0) is 24.2. The lowest BCUT2D eigenvalue weighted by Gasteiger charge is -2.17. The highest BCUT2D eigenvalue weighted by Gasteiger charge is 2.40. The van der Waals surface area contributed by atoms with Gasteiger partial charge in [0, 0.05) is 17.5 Å². The molecule has 7 nitrogen and oxygen atoms in total. The van der Waals surface area contributed by atoms with Gasteiger partial charge in [0.1, 0.15) is 28.5 Å². The van der Waals surface area contributed by atoms with Crippen LogP contribution in [0.4, 0.5) is 23.2 Å². The normalized spacial score (nSPS) is 12.2. The van der Waals surface area contributed by atoms with Gasteiger partial charge in [0.05, 0.1) is 12.2 Å². The number of nitrogens with zero attached hydrogens (tertiary/aromatic N) is 1. The number of halogens is 4. The molecule has 172 valence electrons. The molecule has 0 aliphatic heterocycles. The van der Waals surface area contributed by atoms with Gasteiger partial charge in [-0.15, -0.1) is 0 Å². The Morgan fingerprint density at radius 2 is 1.94 bits per heavy atom. The SMILES string of the molecule is CCOC(=O)c1c(-c2ccc(O)cc2)noc1/C(C=N)=C(/Nc1cccc(F)c1)C(F)(F)F. The van der Waals surface area contributed by atoms with Crippen LogP contribution in [-0.4, -0.2) is 35.2 Å². The van der Waals surface area contributed by atoms with Crippen LogP contribution in [0.15, 0.2) is 58.8 Å². The van der Waals surface area contributed by atoms with Gasteiger partial charge in [0.25, 0.3) is 0 Å². The average molecular weight is 463 g/mol. The lowest BCUT2D eigenvalue weighted by molar-refractivity contribution is -0.0896. The standard InChI is InChI=1S/C22H17F4N3O4/c1-2-32-21(31)17-18(12-6-8-15(30)9-7-12)29-33-19(17)16(11-27)20(22(24,25)26)28-14-5-3-4-13(23)10-14/h3-11,27-28,30H,2H2,1H3/b20-16+,27-11?. The first kappa shape index (κ1) is 23.5. The summed E-state index contributed by atoms with van der Waals surface area (Å²) in [6.07, 6.45) is -4.70. The highest BCUT2D eigenvalue weighted by atomic mass is 19.4. The number of carbonyl (C=O) groups excluding carboxylic acids is 1. The van der Waals surface area contributed by atoms with Crippen molar-refractivity contribution in [1.82, 2.24) is 5.16 Å². The van der Waals surface area contributed by atoms with Crippen molar-refractivity contribution < 1.29 is 36.7 Å². The molecular weight excluding hydrogens is 446 g/mol. The van der Waals surface area contributed by atoms with Crippen molar-refractivity contribution in [2.75, 3.05) is 11.9 Å². The van der Waals surface area contributed by atoms with Gasteiger partial charge in [-0.3, -0.25) is 0 Å². The molecule has 2 aromatic carbocycles. The molecule has 0 spiro atoms. The third-order valence-electron chi connectivity index (χ3n) is 4.35. The number of hydrogen-bond donors (Lipinski definition) is 3. The molecule has 0 saturated carbocycles. The number of phenols is 1. The molecule has 11 heteroatoms. The molecule has 0 atom stereocenters. The summed E-state index contributed by atoms with van der Waals surface area (Å²) in [7, 11) is 0. The Hall–Kier alpha value is -4.15. The third kappa shape index (κ3) is 5.20. The number of phenolic OH excluding ortho intramolecular Hbond substituents is 1. The molecule has 0 unspecified atom stereocenters. The number of benzene rings is 2. The number of anilines is 1.